The molecule has 0 aliphatic heterocycles. The van der Waals surface area contributed by atoms with Gasteiger partial charge in [-0.05, 0) is 26.7 Å². The van der Waals surface area contributed by atoms with Crippen molar-refractivity contribution in [1.29, 1.82) is 0 Å². The van der Waals surface area contributed by atoms with Gasteiger partial charge in [-0.3, -0.25) is 5.32 Å². The van der Waals surface area contributed by atoms with Crippen molar-refractivity contribution in [1.82, 2.24) is 14.9 Å². The van der Waals surface area contributed by atoms with E-state index in [-0.39, 0.29) is 12.0 Å². The fourth-order valence-electron chi connectivity index (χ4n) is 1.92. The number of esters is 1. The van der Waals surface area contributed by atoms with E-state index in [0.717, 1.165) is 5.69 Å². The minimum absolute atomic E-state index is 0.210. The summed E-state index contributed by atoms with van der Waals surface area (Å²) in [6.45, 7) is 4.02. The Balaban J connectivity index is 2.24. The van der Waals surface area contributed by atoms with Gasteiger partial charge in [0.1, 0.15) is 6.04 Å². The lowest BCUT2D eigenvalue weighted by Crippen LogP contribution is -2.35. The van der Waals surface area contributed by atoms with Gasteiger partial charge in [0.25, 0.3) is 0 Å². The molecule has 1 aliphatic rings. The second kappa shape index (κ2) is 4.87. The third-order valence-corrected chi connectivity index (χ3v) is 2.87. The maximum absolute atomic E-state index is 11.8. The van der Waals surface area contributed by atoms with Gasteiger partial charge >= 0.3 is 5.97 Å². The Bertz CT molecular complexity index is 396. The Morgan fingerprint density at radius 3 is 2.82 bits per heavy atom. The predicted octanol–water partition coefficient (Wildman–Crippen LogP) is 1.43. The van der Waals surface area contributed by atoms with Crippen LogP contribution < -0.4 is 5.32 Å². The van der Waals surface area contributed by atoms with E-state index in [4.69, 9.17) is 4.74 Å². The van der Waals surface area contributed by atoms with Crippen molar-refractivity contribution in [2.75, 3.05) is 7.11 Å². The quantitative estimate of drug-likeness (QED) is 0.787. The van der Waals surface area contributed by atoms with Gasteiger partial charge in [0.2, 0.25) is 0 Å². The lowest BCUT2D eigenvalue weighted by atomic mass is 10.2. The molecule has 0 bridgehead atoms. The Labute approximate surface area is 101 Å². The molecule has 5 heteroatoms. The number of rotatable bonds is 5. The van der Waals surface area contributed by atoms with Gasteiger partial charge in [0.05, 0.1) is 25.3 Å². The van der Waals surface area contributed by atoms with E-state index in [9.17, 15) is 4.79 Å². The van der Waals surface area contributed by atoms with Crippen LogP contribution in [-0.4, -0.2) is 28.7 Å². The van der Waals surface area contributed by atoms with Crippen LogP contribution in [0, 0.1) is 0 Å². The predicted molar refractivity (Wildman–Crippen MR) is 63.5 cm³/mol. The first-order valence-electron chi connectivity index (χ1n) is 5.99. The number of ether oxygens (including phenoxy) is 1. The second-order valence-electron chi connectivity index (χ2n) is 4.73. The Morgan fingerprint density at radius 1 is 1.59 bits per heavy atom. The number of hydrogen-bond donors (Lipinski definition) is 1. The molecule has 1 atom stereocenters. The fraction of sp³-hybridized carbons (Fsp3) is 0.667. The van der Waals surface area contributed by atoms with E-state index in [1.165, 1.54) is 20.0 Å². The van der Waals surface area contributed by atoms with E-state index in [1.54, 1.807) is 12.5 Å². The van der Waals surface area contributed by atoms with Gasteiger partial charge in [-0.1, -0.05) is 0 Å². The number of hydrogen-bond acceptors (Lipinski definition) is 4. The molecule has 0 spiro atoms. The second-order valence-corrected chi connectivity index (χ2v) is 4.73. The molecule has 1 aromatic rings. The molecule has 5 nitrogen and oxygen atoms in total. The Morgan fingerprint density at radius 2 is 2.29 bits per heavy atom. The summed E-state index contributed by atoms with van der Waals surface area (Å²) in [5, 5.41) is 3.22. The van der Waals surface area contributed by atoms with Gasteiger partial charge < -0.3 is 9.30 Å². The van der Waals surface area contributed by atoms with Gasteiger partial charge in [0, 0.05) is 12.1 Å². The van der Waals surface area contributed by atoms with Crippen LogP contribution in [0.1, 0.15) is 44.5 Å². The monoisotopic (exact) mass is 237 g/mol. The largest absolute Gasteiger partial charge is 0.468 e. The van der Waals surface area contributed by atoms with Crippen LogP contribution >= 0.6 is 0 Å². The molecule has 2 rings (SSSR count). The molecular weight excluding hydrogens is 218 g/mol. The SMILES string of the molecule is COC(=O)C(NC(C)C)c1cncn1C1CC1. The molecule has 1 fully saturated rings. The van der Waals surface area contributed by atoms with Gasteiger partial charge in [-0.15, -0.1) is 0 Å². The molecule has 1 unspecified atom stereocenters. The van der Waals surface area contributed by atoms with Crippen molar-refractivity contribution < 1.29 is 9.53 Å². The van der Waals surface area contributed by atoms with Crippen molar-refractivity contribution in [2.45, 2.75) is 44.8 Å². The van der Waals surface area contributed by atoms with E-state index in [0.29, 0.717) is 6.04 Å². The topological polar surface area (TPSA) is 56.1 Å². The third-order valence-electron chi connectivity index (χ3n) is 2.87. The minimum atomic E-state index is -0.428. The van der Waals surface area contributed by atoms with Crippen molar-refractivity contribution in [3.05, 3.63) is 18.2 Å². The minimum Gasteiger partial charge on any atom is -0.468 e. The maximum Gasteiger partial charge on any atom is 0.329 e. The van der Waals surface area contributed by atoms with E-state index < -0.39 is 6.04 Å². The highest BCUT2D eigenvalue weighted by Gasteiger charge is 2.31. The molecule has 1 N–H and O–H groups in total. The summed E-state index contributed by atoms with van der Waals surface area (Å²) in [7, 11) is 1.41. The first-order valence-corrected chi connectivity index (χ1v) is 5.99. The summed E-state index contributed by atoms with van der Waals surface area (Å²) in [6.07, 6.45) is 5.87. The normalized spacial score (nSPS) is 17.2. The molecule has 0 saturated heterocycles. The summed E-state index contributed by atoms with van der Waals surface area (Å²) in [5.74, 6) is -0.263. The highest BCUT2D eigenvalue weighted by atomic mass is 16.5. The molecule has 1 heterocycles. The van der Waals surface area contributed by atoms with Crippen LogP contribution in [0.5, 0.6) is 0 Å². The van der Waals surface area contributed by atoms with E-state index >= 15 is 0 Å². The van der Waals surface area contributed by atoms with Crippen molar-refractivity contribution in [3.63, 3.8) is 0 Å². The highest BCUT2D eigenvalue weighted by Crippen LogP contribution is 2.37. The average Bonchev–Trinajstić information content (AvgIpc) is 3.03. The molecule has 0 amide bonds. The first kappa shape index (κ1) is 12.1. The molecule has 0 radical (unpaired) electrons. The number of nitrogens with zero attached hydrogens (tertiary/aromatic N) is 2. The zero-order valence-electron chi connectivity index (χ0n) is 10.5. The number of imidazole rings is 1. The standard InChI is InChI=1S/C12H19N3O2/c1-8(2)14-11(12(16)17-3)10-6-13-7-15(10)9-4-5-9/h6-9,11,14H,4-5H2,1-3H3. The summed E-state index contributed by atoms with van der Waals surface area (Å²) >= 11 is 0. The molecular formula is C12H19N3O2. The van der Waals surface area contributed by atoms with Crippen LogP contribution in [-0.2, 0) is 9.53 Å². The van der Waals surface area contributed by atoms with Crippen LogP contribution in [0.2, 0.25) is 0 Å². The lowest BCUT2D eigenvalue weighted by molar-refractivity contribution is -0.143. The Kier molecular flexibility index (Phi) is 3.47. The zero-order chi connectivity index (χ0) is 12.4. The number of aromatic nitrogens is 2. The summed E-state index contributed by atoms with van der Waals surface area (Å²) < 4.78 is 6.93. The van der Waals surface area contributed by atoms with E-state index in [2.05, 4.69) is 14.9 Å². The number of carbonyl (C=O) groups excluding carboxylic acids is 1. The average molecular weight is 237 g/mol. The van der Waals surface area contributed by atoms with Crippen molar-refractivity contribution in [3.8, 4) is 0 Å². The summed E-state index contributed by atoms with van der Waals surface area (Å²) in [4.78, 5) is 16.0. The molecule has 1 saturated carbocycles. The van der Waals surface area contributed by atoms with Gasteiger partial charge in [0.15, 0.2) is 0 Å². The van der Waals surface area contributed by atoms with Crippen LogP contribution in [0.15, 0.2) is 12.5 Å². The number of nitrogens with one attached hydrogen (secondary N) is 1. The first-order chi connectivity index (χ1) is 8.13. The van der Waals surface area contributed by atoms with Crippen molar-refractivity contribution in [2.24, 2.45) is 0 Å². The zero-order valence-corrected chi connectivity index (χ0v) is 10.5. The molecule has 1 aromatic heterocycles. The van der Waals surface area contributed by atoms with Crippen LogP contribution in [0.25, 0.3) is 0 Å². The fourth-order valence-corrected chi connectivity index (χ4v) is 1.92. The van der Waals surface area contributed by atoms with Crippen LogP contribution in [0.4, 0.5) is 0 Å². The number of carbonyl (C=O) groups is 1. The van der Waals surface area contributed by atoms with Gasteiger partial charge in [-0.25, -0.2) is 9.78 Å². The molecule has 94 valence electrons. The highest BCUT2D eigenvalue weighted by molar-refractivity contribution is 5.77. The maximum atomic E-state index is 11.8. The summed E-state index contributed by atoms with van der Waals surface area (Å²) in [5.41, 5.74) is 0.896. The van der Waals surface area contributed by atoms with Crippen molar-refractivity contribution >= 4 is 5.97 Å². The Hall–Kier alpha value is -1.36. The lowest BCUT2D eigenvalue weighted by Gasteiger charge is -2.20. The molecule has 1 aliphatic carbocycles. The molecule has 0 aromatic carbocycles. The van der Waals surface area contributed by atoms with Gasteiger partial charge in [-0.2, -0.15) is 0 Å². The third kappa shape index (κ3) is 2.66. The number of methoxy groups -OCH3 is 1. The summed E-state index contributed by atoms with van der Waals surface area (Å²) in [6, 6.07) is 0.290. The smallest absolute Gasteiger partial charge is 0.329 e. The van der Waals surface area contributed by atoms with Crippen LogP contribution in [0.3, 0.4) is 0 Å². The van der Waals surface area contributed by atoms with E-state index in [1.807, 2.05) is 13.8 Å². The molecule has 17 heavy (non-hydrogen) atoms.